The van der Waals surface area contributed by atoms with Crippen LogP contribution in [0.1, 0.15) is 32.0 Å². The first-order valence-electron chi connectivity index (χ1n) is 5.96. The Morgan fingerprint density at radius 1 is 1.65 bits per heavy atom. The lowest BCUT2D eigenvalue weighted by Crippen LogP contribution is -2.37. The predicted molar refractivity (Wildman–Crippen MR) is 63.3 cm³/mol. The number of likely N-dealkylation sites (N-methyl/N-ethyl adjacent to an activating group) is 1. The monoisotopic (exact) mass is 237 g/mol. The molecule has 6 nitrogen and oxygen atoms in total. The second-order valence-electron chi connectivity index (χ2n) is 4.79. The van der Waals surface area contributed by atoms with Gasteiger partial charge in [-0.1, -0.05) is 5.21 Å². The molecule has 1 atom stereocenters. The molecule has 94 valence electrons. The molecule has 1 aromatic rings. The van der Waals surface area contributed by atoms with Crippen LogP contribution in [0.15, 0.2) is 6.20 Å². The standard InChI is InChI=1S/C11H19N5O/c1-8(2)16-7-9(13-14-16)6-15(3)10-4-5-12-11(10)17/h7-8,10H,4-6H2,1-3H3,(H,12,17). The van der Waals surface area contributed by atoms with Gasteiger partial charge in [0, 0.05) is 19.1 Å². The Hall–Kier alpha value is -1.43. The number of aromatic nitrogens is 3. The summed E-state index contributed by atoms with van der Waals surface area (Å²) in [5.41, 5.74) is 0.904. The molecule has 0 saturated carbocycles. The van der Waals surface area contributed by atoms with Crippen LogP contribution in [0, 0.1) is 0 Å². The molecule has 1 saturated heterocycles. The van der Waals surface area contributed by atoms with Gasteiger partial charge in [-0.3, -0.25) is 9.69 Å². The lowest BCUT2D eigenvalue weighted by atomic mass is 10.2. The molecule has 1 amide bonds. The number of nitrogens with one attached hydrogen (secondary N) is 1. The highest BCUT2D eigenvalue weighted by Gasteiger charge is 2.28. The molecule has 1 aliphatic rings. The maximum atomic E-state index is 11.5. The van der Waals surface area contributed by atoms with Crippen molar-refractivity contribution in [2.75, 3.05) is 13.6 Å². The fraction of sp³-hybridized carbons (Fsp3) is 0.727. The molecule has 0 bridgehead atoms. The van der Waals surface area contributed by atoms with E-state index in [1.54, 1.807) is 0 Å². The molecule has 1 aliphatic heterocycles. The van der Waals surface area contributed by atoms with Crippen molar-refractivity contribution in [2.24, 2.45) is 0 Å². The Balaban J connectivity index is 1.97. The molecule has 17 heavy (non-hydrogen) atoms. The highest BCUT2D eigenvalue weighted by atomic mass is 16.2. The number of rotatable bonds is 4. The van der Waals surface area contributed by atoms with E-state index < -0.39 is 0 Å². The number of hydrogen-bond donors (Lipinski definition) is 1. The summed E-state index contributed by atoms with van der Waals surface area (Å²) in [5.74, 6) is 0.115. The van der Waals surface area contributed by atoms with Crippen molar-refractivity contribution in [1.82, 2.24) is 25.2 Å². The van der Waals surface area contributed by atoms with Gasteiger partial charge in [0.05, 0.1) is 17.9 Å². The second-order valence-corrected chi connectivity index (χ2v) is 4.79. The van der Waals surface area contributed by atoms with Gasteiger partial charge in [-0.15, -0.1) is 5.10 Å². The summed E-state index contributed by atoms with van der Waals surface area (Å²) in [6.07, 6.45) is 2.81. The summed E-state index contributed by atoms with van der Waals surface area (Å²) in [5, 5.41) is 11.0. The van der Waals surface area contributed by atoms with Crippen LogP contribution in [0.25, 0.3) is 0 Å². The Kier molecular flexibility index (Phi) is 3.42. The lowest BCUT2D eigenvalue weighted by molar-refractivity contribution is -0.123. The summed E-state index contributed by atoms with van der Waals surface area (Å²) in [6.45, 7) is 5.55. The van der Waals surface area contributed by atoms with Gasteiger partial charge in [-0.25, -0.2) is 4.68 Å². The van der Waals surface area contributed by atoms with E-state index in [-0.39, 0.29) is 11.9 Å². The summed E-state index contributed by atoms with van der Waals surface area (Å²) in [6, 6.07) is 0.288. The smallest absolute Gasteiger partial charge is 0.237 e. The number of amides is 1. The van der Waals surface area contributed by atoms with Crippen molar-refractivity contribution in [3.05, 3.63) is 11.9 Å². The summed E-state index contributed by atoms with van der Waals surface area (Å²) < 4.78 is 1.83. The van der Waals surface area contributed by atoms with E-state index in [1.807, 2.05) is 22.8 Å². The van der Waals surface area contributed by atoms with Crippen molar-refractivity contribution in [3.8, 4) is 0 Å². The van der Waals surface area contributed by atoms with Gasteiger partial charge in [-0.05, 0) is 27.3 Å². The molecule has 1 unspecified atom stereocenters. The first-order chi connectivity index (χ1) is 8.08. The van der Waals surface area contributed by atoms with Gasteiger partial charge in [0.15, 0.2) is 0 Å². The summed E-state index contributed by atoms with van der Waals surface area (Å²) in [7, 11) is 1.95. The van der Waals surface area contributed by atoms with Crippen LogP contribution in [-0.2, 0) is 11.3 Å². The van der Waals surface area contributed by atoms with Crippen LogP contribution in [-0.4, -0.2) is 45.4 Å². The van der Waals surface area contributed by atoms with Gasteiger partial charge < -0.3 is 5.32 Å². The van der Waals surface area contributed by atoms with Crippen molar-refractivity contribution < 1.29 is 4.79 Å². The lowest BCUT2D eigenvalue weighted by Gasteiger charge is -2.20. The first kappa shape index (κ1) is 12.0. The Morgan fingerprint density at radius 2 is 2.41 bits per heavy atom. The molecule has 2 heterocycles. The van der Waals surface area contributed by atoms with E-state index in [9.17, 15) is 4.79 Å². The van der Waals surface area contributed by atoms with Gasteiger partial charge in [0.1, 0.15) is 0 Å². The topological polar surface area (TPSA) is 63.0 Å². The summed E-state index contributed by atoms with van der Waals surface area (Å²) >= 11 is 0. The molecular weight excluding hydrogens is 218 g/mol. The van der Waals surface area contributed by atoms with Crippen LogP contribution < -0.4 is 5.32 Å². The van der Waals surface area contributed by atoms with Gasteiger partial charge in [-0.2, -0.15) is 0 Å². The number of carbonyl (C=O) groups excluding carboxylic acids is 1. The molecule has 0 spiro atoms. The van der Waals surface area contributed by atoms with E-state index in [0.717, 1.165) is 18.7 Å². The van der Waals surface area contributed by atoms with Crippen molar-refractivity contribution >= 4 is 5.91 Å². The van der Waals surface area contributed by atoms with Gasteiger partial charge in [0.25, 0.3) is 0 Å². The highest BCUT2D eigenvalue weighted by Crippen LogP contribution is 2.11. The highest BCUT2D eigenvalue weighted by molar-refractivity contribution is 5.83. The zero-order valence-electron chi connectivity index (χ0n) is 10.6. The third-order valence-corrected chi connectivity index (χ3v) is 3.05. The zero-order valence-corrected chi connectivity index (χ0v) is 10.6. The Morgan fingerprint density at radius 3 is 2.94 bits per heavy atom. The third-order valence-electron chi connectivity index (χ3n) is 3.05. The van der Waals surface area contributed by atoms with Crippen LogP contribution in [0.2, 0.25) is 0 Å². The van der Waals surface area contributed by atoms with E-state index >= 15 is 0 Å². The summed E-state index contributed by atoms with van der Waals surface area (Å²) in [4.78, 5) is 13.6. The van der Waals surface area contributed by atoms with E-state index in [4.69, 9.17) is 0 Å². The fourth-order valence-corrected chi connectivity index (χ4v) is 2.01. The largest absolute Gasteiger partial charge is 0.355 e. The number of carbonyl (C=O) groups is 1. The number of hydrogen-bond acceptors (Lipinski definition) is 4. The molecule has 1 N–H and O–H groups in total. The molecule has 0 aliphatic carbocycles. The molecule has 0 radical (unpaired) electrons. The fourth-order valence-electron chi connectivity index (χ4n) is 2.01. The minimum Gasteiger partial charge on any atom is -0.355 e. The normalized spacial score (nSPS) is 20.3. The van der Waals surface area contributed by atoms with Crippen LogP contribution in [0.5, 0.6) is 0 Å². The van der Waals surface area contributed by atoms with Gasteiger partial charge >= 0.3 is 0 Å². The SMILES string of the molecule is CC(C)n1cc(CN(C)C2CCNC2=O)nn1. The van der Waals surface area contributed by atoms with Crippen LogP contribution in [0.4, 0.5) is 0 Å². The van der Waals surface area contributed by atoms with Crippen molar-refractivity contribution in [3.63, 3.8) is 0 Å². The molecule has 1 aromatic heterocycles. The molecule has 0 aromatic carbocycles. The molecule has 2 rings (SSSR count). The van der Waals surface area contributed by atoms with E-state index in [0.29, 0.717) is 12.6 Å². The van der Waals surface area contributed by atoms with Crippen LogP contribution in [0.3, 0.4) is 0 Å². The van der Waals surface area contributed by atoms with E-state index in [2.05, 4.69) is 29.5 Å². The van der Waals surface area contributed by atoms with Gasteiger partial charge in [0.2, 0.25) is 5.91 Å². The molecule has 6 heteroatoms. The van der Waals surface area contributed by atoms with Crippen molar-refractivity contribution in [2.45, 2.75) is 38.9 Å². The molecular formula is C11H19N5O. The number of nitrogens with zero attached hydrogens (tertiary/aromatic N) is 4. The average Bonchev–Trinajstić information content (AvgIpc) is 2.86. The van der Waals surface area contributed by atoms with Crippen LogP contribution >= 0.6 is 0 Å². The third kappa shape index (κ3) is 2.63. The molecule has 1 fully saturated rings. The maximum Gasteiger partial charge on any atom is 0.237 e. The predicted octanol–water partition coefficient (Wildman–Crippen LogP) is 0.179. The van der Waals surface area contributed by atoms with E-state index in [1.165, 1.54) is 0 Å². The van der Waals surface area contributed by atoms with Crippen molar-refractivity contribution in [1.29, 1.82) is 0 Å². The first-order valence-corrected chi connectivity index (χ1v) is 5.96. The quantitative estimate of drug-likeness (QED) is 0.811. The average molecular weight is 237 g/mol. The zero-order chi connectivity index (χ0) is 12.4. The Bertz CT molecular complexity index is 400. The minimum atomic E-state index is -0.0285. The Labute approximate surface area is 101 Å². The maximum absolute atomic E-state index is 11.5. The second kappa shape index (κ2) is 4.83. The minimum absolute atomic E-state index is 0.0285.